The molecule has 0 fully saturated rings. The molecular weight excluding hydrogens is 885 g/mol. The van der Waals surface area contributed by atoms with Gasteiger partial charge in [0.1, 0.15) is 6.61 Å². The zero-order valence-electron chi connectivity index (χ0n) is 47.4. The first-order valence-electron chi connectivity index (χ1n) is 30.4. The topological polar surface area (TPSA) is 61.8 Å². The summed E-state index contributed by atoms with van der Waals surface area (Å²) in [6.07, 6.45) is 85.5. The van der Waals surface area contributed by atoms with E-state index in [0.717, 1.165) is 122 Å². The molecule has 0 aromatic heterocycles. The van der Waals surface area contributed by atoms with Gasteiger partial charge in [0.2, 0.25) is 0 Å². The number of allylic oxidation sites excluding steroid dienone is 18. The Morgan fingerprint density at radius 2 is 0.625 bits per heavy atom. The van der Waals surface area contributed by atoms with E-state index in [2.05, 4.69) is 130 Å². The quantitative estimate of drug-likeness (QED) is 0.0345. The van der Waals surface area contributed by atoms with Gasteiger partial charge in [0.25, 0.3) is 0 Å². The van der Waals surface area contributed by atoms with Gasteiger partial charge in [0.05, 0.1) is 6.61 Å². The smallest absolute Gasteiger partial charge is 0.306 e. The van der Waals surface area contributed by atoms with Gasteiger partial charge in [-0.2, -0.15) is 0 Å². The fraction of sp³-hybridized carbons (Fsp3) is 0.701. The summed E-state index contributed by atoms with van der Waals surface area (Å²) in [5.41, 5.74) is 0. The number of ether oxygens (including phenoxy) is 3. The number of rotatable bonds is 55. The molecule has 0 aliphatic rings. The number of hydrogen-bond donors (Lipinski definition) is 0. The van der Waals surface area contributed by atoms with E-state index in [0.29, 0.717) is 19.4 Å². The van der Waals surface area contributed by atoms with Crippen molar-refractivity contribution in [1.29, 1.82) is 0 Å². The molecular formula is C67H114O5. The molecule has 1 unspecified atom stereocenters. The van der Waals surface area contributed by atoms with Crippen LogP contribution in [-0.4, -0.2) is 37.9 Å². The SMILES string of the molecule is CC/C=C\C/C=C\C/C=C\C/C=C\CCCCCCCCC(=O)OCC(COCCCCCCCCCCCC/C=C\CCCCCCCC)OC(=O)CCCCCC/C=C\C/C=C\C/C=C\C/C=C\CC. The van der Waals surface area contributed by atoms with Crippen LogP contribution in [0, 0.1) is 0 Å². The van der Waals surface area contributed by atoms with Gasteiger partial charge in [-0.05, 0) is 122 Å². The molecule has 412 valence electrons. The summed E-state index contributed by atoms with van der Waals surface area (Å²) in [6.45, 7) is 7.57. The molecule has 0 bridgehead atoms. The Labute approximate surface area is 446 Å². The van der Waals surface area contributed by atoms with Crippen molar-refractivity contribution >= 4 is 11.9 Å². The predicted molar refractivity (Wildman–Crippen MR) is 316 cm³/mol. The Bertz CT molecular complexity index is 1410. The maximum absolute atomic E-state index is 12.9. The fourth-order valence-corrected chi connectivity index (χ4v) is 8.31. The summed E-state index contributed by atoms with van der Waals surface area (Å²) < 4.78 is 17.5. The van der Waals surface area contributed by atoms with Gasteiger partial charge >= 0.3 is 11.9 Å². The minimum atomic E-state index is -0.564. The summed E-state index contributed by atoms with van der Waals surface area (Å²) in [5, 5.41) is 0. The molecule has 1 atom stereocenters. The highest BCUT2D eigenvalue weighted by molar-refractivity contribution is 5.70. The van der Waals surface area contributed by atoms with Crippen molar-refractivity contribution in [2.75, 3.05) is 19.8 Å². The van der Waals surface area contributed by atoms with E-state index in [-0.39, 0.29) is 25.2 Å². The summed E-state index contributed by atoms with van der Waals surface area (Å²) in [4.78, 5) is 25.6. The Kier molecular flexibility index (Phi) is 58.9. The highest BCUT2D eigenvalue weighted by Gasteiger charge is 2.17. The number of hydrogen-bond acceptors (Lipinski definition) is 5. The van der Waals surface area contributed by atoms with Crippen molar-refractivity contribution in [2.24, 2.45) is 0 Å². The van der Waals surface area contributed by atoms with E-state index >= 15 is 0 Å². The summed E-state index contributed by atoms with van der Waals surface area (Å²) >= 11 is 0. The highest BCUT2D eigenvalue weighted by Crippen LogP contribution is 2.15. The molecule has 0 aliphatic carbocycles. The monoisotopic (exact) mass is 999 g/mol. The molecule has 0 saturated carbocycles. The lowest BCUT2D eigenvalue weighted by Gasteiger charge is -2.18. The summed E-state index contributed by atoms with van der Waals surface area (Å²) in [5.74, 6) is -0.439. The van der Waals surface area contributed by atoms with Crippen LogP contribution in [0.1, 0.15) is 278 Å². The molecule has 5 nitrogen and oxygen atoms in total. The largest absolute Gasteiger partial charge is 0.462 e. The average molecular weight is 1000 g/mol. The van der Waals surface area contributed by atoms with Crippen LogP contribution in [0.3, 0.4) is 0 Å². The zero-order valence-corrected chi connectivity index (χ0v) is 47.4. The van der Waals surface area contributed by atoms with Crippen molar-refractivity contribution in [3.05, 3.63) is 109 Å². The maximum Gasteiger partial charge on any atom is 0.306 e. The molecule has 0 aromatic rings. The third kappa shape index (κ3) is 59.1. The normalized spacial score (nSPS) is 13.0. The first-order chi connectivity index (χ1) is 35.6. The molecule has 0 N–H and O–H groups in total. The van der Waals surface area contributed by atoms with Crippen molar-refractivity contribution in [3.8, 4) is 0 Å². The summed E-state index contributed by atoms with van der Waals surface area (Å²) in [7, 11) is 0. The van der Waals surface area contributed by atoms with Gasteiger partial charge in [0, 0.05) is 19.4 Å². The molecule has 0 saturated heterocycles. The first kappa shape index (κ1) is 68.6. The van der Waals surface area contributed by atoms with Crippen LogP contribution in [-0.2, 0) is 23.8 Å². The third-order valence-corrected chi connectivity index (χ3v) is 12.8. The molecule has 0 aromatic carbocycles. The Morgan fingerprint density at radius 1 is 0.319 bits per heavy atom. The molecule has 0 aliphatic heterocycles. The van der Waals surface area contributed by atoms with Crippen LogP contribution in [0.4, 0.5) is 0 Å². The number of carbonyl (C=O) groups excluding carboxylic acids is 2. The maximum atomic E-state index is 12.9. The molecule has 72 heavy (non-hydrogen) atoms. The molecule has 0 heterocycles. The number of esters is 2. The summed E-state index contributed by atoms with van der Waals surface area (Å²) in [6, 6.07) is 0. The lowest BCUT2D eigenvalue weighted by Crippen LogP contribution is -2.30. The minimum Gasteiger partial charge on any atom is -0.462 e. The first-order valence-corrected chi connectivity index (χ1v) is 30.4. The minimum absolute atomic E-state index is 0.0622. The van der Waals surface area contributed by atoms with Crippen LogP contribution in [0.15, 0.2) is 109 Å². The highest BCUT2D eigenvalue weighted by atomic mass is 16.6. The number of carbonyl (C=O) groups is 2. The second-order valence-corrected chi connectivity index (χ2v) is 19.8. The third-order valence-electron chi connectivity index (χ3n) is 12.8. The van der Waals surface area contributed by atoms with Crippen LogP contribution in [0.5, 0.6) is 0 Å². The Hall–Kier alpha value is -3.44. The fourth-order valence-electron chi connectivity index (χ4n) is 8.31. The average Bonchev–Trinajstić information content (AvgIpc) is 3.38. The van der Waals surface area contributed by atoms with E-state index in [1.54, 1.807) is 0 Å². The molecule has 0 amide bonds. The van der Waals surface area contributed by atoms with Crippen molar-refractivity contribution in [2.45, 2.75) is 284 Å². The second kappa shape index (κ2) is 61.9. The van der Waals surface area contributed by atoms with Gasteiger partial charge in [-0.1, -0.05) is 252 Å². The lowest BCUT2D eigenvalue weighted by molar-refractivity contribution is -0.163. The van der Waals surface area contributed by atoms with E-state index in [9.17, 15) is 9.59 Å². The van der Waals surface area contributed by atoms with E-state index < -0.39 is 6.10 Å². The van der Waals surface area contributed by atoms with Gasteiger partial charge in [-0.25, -0.2) is 0 Å². The number of unbranched alkanes of at least 4 members (excludes halogenated alkanes) is 26. The molecule has 0 radical (unpaired) electrons. The standard InChI is InChI=1S/C67H114O5/c1-4-7-10-13-16-19-22-25-28-31-33-35-38-41-44-47-50-53-56-59-62-70-63-65(72-67(69)61-58-55-52-49-46-43-40-36-30-27-24-21-18-15-12-9-6-3)64-71-66(68)60-57-54-51-48-45-42-39-37-34-32-29-26-23-20-17-14-11-8-5-2/h8-9,11-12,17-18,20-21,25-30,34,37,40,43,65H,4-7,10,13-16,19,22-24,31-33,35-36,38-39,41-42,44-64H2,1-3H3/b11-8-,12-9-,20-17-,21-18-,28-25-,29-26-,30-27-,37-34-,43-40-. The van der Waals surface area contributed by atoms with E-state index in [1.807, 2.05) is 0 Å². The molecule has 0 spiro atoms. The van der Waals surface area contributed by atoms with Crippen LogP contribution in [0.25, 0.3) is 0 Å². The Balaban J connectivity index is 4.35. The lowest BCUT2D eigenvalue weighted by atomic mass is 10.1. The van der Waals surface area contributed by atoms with Crippen LogP contribution in [0.2, 0.25) is 0 Å². The van der Waals surface area contributed by atoms with Gasteiger partial charge in [0.15, 0.2) is 6.10 Å². The van der Waals surface area contributed by atoms with E-state index in [4.69, 9.17) is 14.2 Å². The van der Waals surface area contributed by atoms with Gasteiger partial charge in [-0.15, -0.1) is 0 Å². The van der Waals surface area contributed by atoms with Crippen molar-refractivity contribution in [1.82, 2.24) is 0 Å². The van der Waals surface area contributed by atoms with Crippen molar-refractivity contribution in [3.63, 3.8) is 0 Å². The molecule has 0 rings (SSSR count). The van der Waals surface area contributed by atoms with Gasteiger partial charge in [-0.3, -0.25) is 9.59 Å². The zero-order chi connectivity index (χ0) is 52.0. The Morgan fingerprint density at radius 3 is 1.01 bits per heavy atom. The van der Waals surface area contributed by atoms with Crippen molar-refractivity contribution < 1.29 is 23.8 Å². The molecule has 5 heteroatoms. The van der Waals surface area contributed by atoms with Crippen LogP contribution >= 0.6 is 0 Å². The van der Waals surface area contributed by atoms with Crippen LogP contribution < -0.4 is 0 Å². The van der Waals surface area contributed by atoms with Gasteiger partial charge < -0.3 is 14.2 Å². The predicted octanol–water partition coefficient (Wildman–Crippen LogP) is 21.1. The van der Waals surface area contributed by atoms with E-state index in [1.165, 1.54) is 122 Å². The second-order valence-electron chi connectivity index (χ2n) is 19.8.